The van der Waals surface area contributed by atoms with Gasteiger partial charge in [0.15, 0.2) is 5.76 Å². The first-order chi connectivity index (χ1) is 5.59. The normalized spacial score (nSPS) is 10.3. The molecule has 0 saturated carbocycles. The number of rotatable bonds is 2. The third kappa shape index (κ3) is 2.10. The van der Waals surface area contributed by atoms with E-state index in [-0.39, 0.29) is 5.91 Å². The van der Waals surface area contributed by atoms with Gasteiger partial charge < -0.3 is 4.42 Å². The lowest BCUT2D eigenvalue weighted by Gasteiger charge is -2.09. The van der Waals surface area contributed by atoms with Crippen LogP contribution in [0.4, 0.5) is 0 Å². The van der Waals surface area contributed by atoms with Crippen LogP contribution in [0, 0.1) is 6.92 Å². The van der Waals surface area contributed by atoms with Gasteiger partial charge in [0, 0.05) is 14.1 Å². The highest BCUT2D eigenvalue weighted by molar-refractivity contribution is 5.91. The van der Waals surface area contributed by atoms with E-state index in [4.69, 9.17) is 4.42 Å². The molecule has 1 aromatic rings. The molecule has 0 aliphatic heterocycles. The highest BCUT2D eigenvalue weighted by atomic mass is 16.3. The van der Waals surface area contributed by atoms with Gasteiger partial charge in [-0.1, -0.05) is 0 Å². The van der Waals surface area contributed by atoms with Crippen LogP contribution in [0.15, 0.2) is 16.5 Å². The highest BCUT2D eigenvalue weighted by Crippen LogP contribution is 2.05. The Morgan fingerprint density at radius 1 is 1.50 bits per heavy atom. The van der Waals surface area contributed by atoms with Gasteiger partial charge in [-0.25, -0.2) is 5.01 Å². The van der Waals surface area contributed by atoms with Crippen LogP contribution in [0.5, 0.6) is 0 Å². The number of nitrogens with one attached hydrogen (secondary N) is 1. The van der Waals surface area contributed by atoms with E-state index in [0.29, 0.717) is 5.76 Å². The average molecular weight is 168 g/mol. The van der Waals surface area contributed by atoms with Crippen molar-refractivity contribution in [2.45, 2.75) is 6.92 Å². The Hall–Kier alpha value is -1.29. The van der Waals surface area contributed by atoms with Crippen molar-refractivity contribution in [3.05, 3.63) is 23.7 Å². The van der Waals surface area contributed by atoms with Crippen LogP contribution in [-0.2, 0) is 0 Å². The third-order valence-corrected chi connectivity index (χ3v) is 1.29. The third-order valence-electron chi connectivity index (χ3n) is 1.29. The lowest BCUT2D eigenvalue weighted by molar-refractivity contribution is 0.0826. The molecule has 4 heteroatoms. The molecule has 0 unspecified atom stereocenters. The Morgan fingerprint density at radius 2 is 2.17 bits per heavy atom. The molecule has 4 nitrogen and oxygen atoms in total. The fourth-order valence-electron chi connectivity index (χ4n) is 0.815. The lowest BCUT2D eigenvalue weighted by Crippen LogP contribution is -2.35. The molecule has 0 radical (unpaired) electrons. The summed E-state index contributed by atoms with van der Waals surface area (Å²) in [5.74, 6) is 0.841. The molecule has 0 aliphatic carbocycles. The number of hydrazine groups is 1. The quantitative estimate of drug-likeness (QED) is 0.664. The molecule has 0 bridgehead atoms. The largest absolute Gasteiger partial charge is 0.456 e. The number of carbonyl (C=O) groups excluding carboxylic acids is 1. The number of hydrogen-bond acceptors (Lipinski definition) is 3. The van der Waals surface area contributed by atoms with Crippen LogP contribution in [0.3, 0.4) is 0 Å². The molecule has 0 atom stereocenters. The van der Waals surface area contributed by atoms with E-state index in [0.717, 1.165) is 5.76 Å². The summed E-state index contributed by atoms with van der Waals surface area (Å²) in [6.07, 6.45) is 0. The first-order valence-electron chi connectivity index (χ1n) is 3.64. The maximum atomic E-state index is 11.2. The first-order valence-corrected chi connectivity index (χ1v) is 3.64. The molecular weight excluding hydrogens is 156 g/mol. The Balaban J connectivity index is 2.65. The second-order valence-corrected chi connectivity index (χ2v) is 2.75. The molecule has 1 heterocycles. The summed E-state index contributed by atoms with van der Waals surface area (Å²) in [6, 6.07) is 3.40. The van der Waals surface area contributed by atoms with Gasteiger partial charge in [-0.05, 0) is 19.1 Å². The molecule has 0 spiro atoms. The lowest BCUT2D eigenvalue weighted by atomic mass is 10.4. The zero-order chi connectivity index (χ0) is 9.14. The summed E-state index contributed by atoms with van der Waals surface area (Å²) in [5.41, 5.74) is 2.57. The van der Waals surface area contributed by atoms with Crippen molar-refractivity contribution >= 4 is 5.91 Å². The molecule has 0 saturated heterocycles. The Morgan fingerprint density at radius 3 is 2.58 bits per heavy atom. The zero-order valence-corrected chi connectivity index (χ0v) is 7.42. The molecule has 1 N–H and O–H groups in total. The van der Waals surface area contributed by atoms with Gasteiger partial charge in [-0.2, -0.15) is 0 Å². The topological polar surface area (TPSA) is 45.5 Å². The highest BCUT2D eigenvalue weighted by Gasteiger charge is 2.09. The van der Waals surface area contributed by atoms with Gasteiger partial charge in [-0.15, -0.1) is 0 Å². The van der Waals surface area contributed by atoms with Crippen molar-refractivity contribution in [3.63, 3.8) is 0 Å². The van der Waals surface area contributed by atoms with E-state index < -0.39 is 0 Å². The number of carbonyl (C=O) groups is 1. The van der Waals surface area contributed by atoms with Crippen molar-refractivity contribution in [1.82, 2.24) is 10.4 Å². The molecule has 1 rings (SSSR count). The van der Waals surface area contributed by atoms with Crippen molar-refractivity contribution in [2.24, 2.45) is 0 Å². The van der Waals surface area contributed by atoms with Crippen LogP contribution in [0.1, 0.15) is 16.3 Å². The molecular formula is C8H12N2O2. The second-order valence-electron chi connectivity index (χ2n) is 2.75. The Bertz CT molecular complexity index is 278. The fourth-order valence-corrected chi connectivity index (χ4v) is 0.815. The molecule has 1 amide bonds. The predicted molar refractivity (Wildman–Crippen MR) is 44.6 cm³/mol. The average Bonchev–Trinajstić information content (AvgIpc) is 2.34. The van der Waals surface area contributed by atoms with Crippen molar-refractivity contribution < 1.29 is 9.21 Å². The summed E-state index contributed by atoms with van der Waals surface area (Å²) in [6.45, 7) is 1.80. The monoisotopic (exact) mass is 168 g/mol. The van der Waals surface area contributed by atoms with Crippen molar-refractivity contribution in [1.29, 1.82) is 0 Å². The Kier molecular flexibility index (Phi) is 2.50. The molecule has 0 fully saturated rings. The van der Waals surface area contributed by atoms with Crippen molar-refractivity contribution in [2.75, 3.05) is 14.1 Å². The predicted octanol–water partition coefficient (Wildman–Crippen LogP) is 0.794. The zero-order valence-electron chi connectivity index (χ0n) is 7.42. The maximum absolute atomic E-state index is 11.2. The first kappa shape index (κ1) is 8.80. The Labute approximate surface area is 71.1 Å². The van der Waals surface area contributed by atoms with E-state index in [1.165, 1.54) is 0 Å². The number of hydrogen-bond donors (Lipinski definition) is 1. The second kappa shape index (κ2) is 3.40. The molecule has 1 aromatic heterocycles. The van der Waals surface area contributed by atoms with E-state index in [1.54, 1.807) is 38.2 Å². The van der Waals surface area contributed by atoms with E-state index in [2.05, 4.69) is 5.43 Å². The summed E-state index contributed by atoms with van der Waals surface area (Å²) >= 11 is 0. The molecule has 0 aliphatic rings. The van der Waals surface area contributed by atoms with Gasteiger partial charge in [0.2, 0.25) is 0 Å². The van der Waals surface area contributed by atoms with Gasteiger partial charge in [0.25, 0.3) is 0 Å². The van der Waals surface area contributed by atoms with Crippen LogP contribution >= 0.6 is 0 Å². The maximum Gasteiger partial charge on any atom is 0.301 e. The van der Waals surface area contributed by atoms with Crippen LogP contribution < -0.4 is 5.43 Å². The molecule has 66 valence electrons. The number of aryl methyl sites for hydroxylation is 1. The number of amides is 1. The van der Waals surface area contributed by atoms with Crippen LogP contribution in [0.2, 0.25) is 0 Å². The minimum atomic E-state index is -0.229. The van der Waals surface area contributed by atoms with Gasteiger partial charge in [0.05, 0.1) is 0 Å². The summed E-state index contributed by atoms with van der Waals surface area (Å²) < 4.78 is 5.11. The summed E-state index contributed by atoms with van der Waals surface area (Å²) in [5, 5.41) is 1.57. The van der Waals surface area contributed by atoms with E-state index in [9.17, 15) is 4.79 Å². The van der Waals surface area contributed by atoms with Crippen LogP contribution in [-0.4, -0.2) is 25.0 Å². The molecule has 12 heavy (non-hydrogen) atoms. The SMILES string of the molecule is Cc1ccc(C(=O)NN(C)C)o1. The fraction of sp³-hybridized carbons (Fsp3) is 0.375. The van der Waals surface area contributed by atoms with Crippen molar-refractivity contribution in [3.8, 4) is 0 Å². The molecule has 0 aromatic carbocycles. The van der Waals surface area contributed by atoms with Gasteiger partial charge in [-0.3, -0.25) is 10.2 Å². The van der Waals surface area contributed by atoms with E-state index in [1.807, 2.05) is 0 Å². The van der Waals surface area contributed by atoms with Crippen LogP contribution in [0.25, 0.3) is 0 Å². The number of furan rings is 1. The van der Waals surface area contributed by atoms with E-state index >= 15 is 0 Å². The smallest absolute Gasteiger partial charge is 0.301 e. The summed E-state index contributed by atoms with van der Waals surface area (Å²) in [4.78, 5) is 11.2. The van der Waals surface area contributed by atoms with Gasteiger partial charge >= 0.3 is 5.91 Å². The van der Waals surface area contributed by atoms with Gasteiger partial charge in [0.1, 0.15) is 5.76 Å². The minimum Gasteiger partial charge on any atom is -0.456 e. The minimum absolute atomic E-state index is 0.229. The number of nitrogens with zero attached hydrogens (tertiary/aromatic N) is 1. The summed E-state index contributed by atoms with van der Waals surface area (Å²) in [7, 11) is 3.49. The standard InChI is InChI=1S/C8H12N2O2/c1-6-4-5-7(12-6)8(11)9-10(2)3/h4-5H,1-3H3,(H,9,11).